The van der Waals surface area contributed by atoms with Crippen LogP contribution in [0.15, 0.2) is 31.0 Å². The number of nitrogen functional groups attached to an aromatic ring is 1. The van der Waals surface area contributed by atoms with Crippen LogP contribution in [0.1, 0.15) is 23.9 Å². The van der Waals surface area contributed by atoms with Gasteiger partial charge in [-0.05, 0) is 37.6 Å². The number of nitrogens with two attached hydrogens (primary N) is 1. The zero-order valence-corrected chi connectivity index (χ0v) is 11.6. The van der Waals surface area contributed by atoms with Crippen LogP contribution in [0.25, 0.3) is 16.8 Å². The van der Waals surface area contributed by atoms with Gasteiger partial charge in [0.2, 0.25) is 0 Å². The number of anilines is 1. The van der Waals surface area contributed by atoms with Gasteiger partial charge in [-0.15, -0.1) is 0 Å². The van der Waals surface area contributed by atoms with Crippen LogP contribution in [0.3, 0.4) is 0 Å². The lowest BCUT2D eigenvalue weighted by atomic mass is 10.0. The van der Waals surface area contributed by atoms with Gasteiger partial charge in [0.05, 0.1) is 11.4 Å². The number of aryl methyl sites for hydroxylation is 1. The Labute approximate surface area is 120 Å². The lowest BCUT2D eigenvalue weighted by molar-refractivity contribution is -0.141. The molecule has 0 bridgehead atoms. The molecule has 0 unspecified atom stereocenters. The maximum absolute atomic E-state index is 12.5. The maximum Gasteiger partial charge on any atom is 0.433 e. The molecule has 2 aromatic heterocycles. The molecule has 2 N–H and O–H groups in total. The summed E-state index contributed by atoms with van der Waals surface area (Å²) in [5.41, 5.74) is 8.52. The van der Waals surface area contributed by atoms with Crippen LogP contribution in [0.2, 0.25) is 0 Å². The van der Waals surface area contributed by atoms with E-state index in [-0.39, 0.29) is 0 Å². The number of allylic oxidation sites excluding steroid dienone is 1. The van der Waals surface area contributed by atoms with Crippen molar-refractivity contribution in [2.24, 2.45) is 0 Å². The highest BCUT2D eigenvalue weighted by atomic mass is 19.4. The summed E-state index contributed by atoms with van der Waals surface area (Å²) in [6, 6.07) is 4.02. The van der Waals surface area contributed by atoms with Crippen LogP contribution < -0.4 is 5.73 Å². The number of pyridine rings is 2. The first-order valence-electron chi connectivity index (χ1n) is 6.16. The Hall–Kier alpha value is -2.37. The minimum atomic E-state index is -4.47. The SMILES string of the molecule is C=C(C)c1cc(C)nc(-c2ccc(C(F)(F)F)nc2)c1N. The second-order valence-corrected chi connectivity index (χ2v) is 4.78. The molecule has 0 aliphatic heterocycles. The zero-order valence-electron chi connectivity index (χ0n) is 11.6. The average Bonchev–Trinajstić information content (AvgIpc) is 2.40. The normalized spacial score (nSPS) is 11.5. The van der Waals surface area contributed by atoms with Crippen LogP contribution in [0.4, 0.5) is 18.9 Å². The molecule has 0 atom stereocenters. The maximum atomic E-state index is 12.5. The van der Waals surface area contributed by atoms with Crippen molar-refractivity contribution >= 4 is 11.3 Å². The molecule has 0 aliphatic rings. The number of halogens is 3. The first-order chi connectivity index (χ1) is 9.70. The minimum absolute atomic E-state index is 0.384. The van der Waals surface area contributed by atoms with Gasteiger partial charge in [0.15, 0.2) is 0 Å². The molecule has 0 aromatic carbocycles. The van der Waals surface area contributed by atoms with Crippen LogP contribution in [-0.4, -0.2) is 9.97 Å². The van der Waals surface area contributed by atoms with E-state index in [1.54, 1.807) is 19.9 Å². The molecule has 21 heavy (non-hydrogen) atoms. The summed E-state index contributed by atoms with van der Waals surface area (Å²) in [6.45, 7) is 7.43. The predicted octanol–water partition coefficient (Wildman–Crippen LogP) is 4.09. The van der Waals surface area contributed by atoms with Gasteiger partial charge in [-0.25, -0.2) is 0 Å². The van der Waals surface area contributed by atoms with Gasteiger partial charge in [-0.2, -0.15) is 13.2 Å². The van der Waals surface area contributed by atoms with Gasteiger partial charge in [0.1, 0.15) is 5.69 Å². The molecule has 2 aromatic rings. The molecule has 0 radical (unpaired) electrons. The molecule has 0 spiro atoms. The second-order valence-electron chi connectivity index (χ2n) is 4.78. The van der Waals surface area contributed by atoms with Crippen LogP contribution in [0.5, 0.6) is 0 Å². The largest absolute Gasteiger partial charge is 0.433 e. The van der Waals surface area contributed by atoms with Crippen molar-refractivity contribution in [1.82, 2.24) is 9.97 Å². The smallest absolute Gasteiger partial charge is 0.396 e. The summed E-state index contributed by atoms with van der Waals surface area (Å²) in [5.74, 6) is 0. The summed E-state index contributed by atoms with van der Waals surface area (Å²) >= 11 is 0. The predicted molar refractivity (Wildman–Crippen MR) is 76.3 cm³/mol. The molecule has 110 valence electrons. The fourth-order valence-corrected chi connectivity index (χ4v) is 1.96. The quantitative estimate of drug-likeness (QED) is 0.907. The van der Waals surface area contributed by atoms with Crippen LogP contribution in [-0.2, 0) is 6.18 Å². The van der Waals surface area contributed by atoms with Gasteiger partial charge in [0, 0.05) is 23.0 Å². The first kappa shape index (κ1) is 15.0. The van der Waals surface area contributed by atoms with Crippen molar-refractivity contribution in [3.63, 3.8) is 0 Å². The van der Waals surface area contributed by atoms with E-state index < -0.39 is 11.9 Å². The van der Waals surface area contributed by atoms with E-state index in [9.17, 15) is 13.2 Å². The topological polar surface area (TPSA) is 51.8 Å². The Balaban J connectivity index is 2.54. The van der Waals surface area contributed by atoms with E-state index >= 15 is 0 Å². The Bertz CT molecular complexity index is 689. The Morgan fingerprint density at radius 1 is 1.29 bits per heavy atom. The van der Waals surface area contributed by atoms with E-state index in [0.717, 1.165) is 23.4 Å². The van der Waals surface area contributed by atoms with Crippen molar-refractivity contribution in [3.05, 3.63) is 47.9 Å². The van der Waals surface area contributed by atoms with Gasteiger partial charge < -0.3 is 5.73 Å². The highest BCUT2D eigenvalue weighted by Gasteiger charge is 2.32. The monoisotopic (exact) mass is 293 g/mol. The van der Waals surface area contributed by atoms with E-state index in [2.05, 4.69) is 16.5 Å². The summed E-state index contributed by atoms with van der Waals surface area (Å²) in [7, 11) is 0. The summed E-state index contributed by atoms with van der Waals surface area (Å²) in [5, 5.41) is 0. The third-order valence-electron chi connectivity index (χ3n) is 2.97. The number of nitrogens with zero attached hydrogens (tertiary/aromatic N) is 2. The summed E-state index contributed by atoms with van der Waals surface area (Å²) in [4.78, 5) is 7.72. The average molecular weight is 293 g/mol. The fraction of sp³-hybridized carbons (Fsp3) is 0.200. The standard InChI is InChI=1S/C15H14F3N3/c1-8(2)11-6-9(3)21-14(13(11)19)10-4-5-12(20-7-10)15(16,17)18/h4-7H,1,19H2,2-3H3. The number of hydrogen-bond donors (Lipinski definition) is 1. The Kier molecular flexibility index (Phi) is 3.72. The van der Waals surface area contributed by atoms with Crippen molar-refractivity contribution in [2.75, 3.05) is 5.73 Å². The number of alkyl halides is 3. The zero-order chi connectivity index (χ0) is 15.8. The van der Waals surface area contributed by atoms with Crippen molar-refractivity contribution in [3.8, 4) is 11.3 Å². The van der Waals surface area contributed by atoms with Crippen molar-refractivity contribution in [2.45, 2.75) is 20.0 Å². The molecule has 3 nitrogen and oxygen atoms in total. The highest BCUT2D eigenvalue weighted by molar-refractivity contribution is 5.83. The molecular weight excluding hydrogens is 279 g/mol. The molecule has 2 rings (SSSR count). The fourth-order valence-electron chi connectivity index (χ4n) is 1.96. The van der Waals surface area contributed by atoms with Crippen LogP contribution >= 0.6 is 0 Å². The summed E-state index contributed by atoms with van der Waals surface area (Å²) < 4.78 is 37.6. The molecular formula is C15H14F3N3. The third-order valence-corrected chi connectivity index (χ3v) is 2.97. The molecule has 0 fully saturated rings. The lowest BCUT2D eigenvalue weighted by Gasteiger charge is -2.12. The van der Waals surface area contributed by atoms with E-state index in [0.29, 0.717) is 22.6 Å². The number of hydrogen-bond acceptors (Lipinski definition) is 3. The lowest BCUT2D eigenvalue weighted by Crippen LogP contribution is -2.07. The number of rotatable bonds is 2. The molecule has 0 saturated heterocycles. The molecule has 0 amide bonds. The van der Waals surface area contributed by atoms with Gasteiger partial charge in [-0.1, -0.05) is 6.58 Å². The van der Waals surface area contributed by atoms with Crippen LogP contribution in [0, 0.1) is 6.92 Å². The highest BCUT2D eigenvalue weighted by Crippen LogP contribution is 2.32. The van der Waals surface area contributed by atoms with E-state index in [1.165, 1.54) is 6.07 Å². The Morgan fingerprint density at radius 2 is 1.95 bits per heavy atom. The van der Waals surface area contributed by atoms with Crippen molar-refractivity contribution in [1.29, 1.82) is 0 Å². The second kappa shape index (κ2) is 5.20. The number of aromatic nitrogens is 2. The van der Waals surface area contributed by atoms with Crippen molar-refractivity contribution < 1.29 is 13.2 Å². The van der Waals surface area contributed by atoms with E-state index in [1.807, 2.05) is 0 Å². The Morgan fingerprint density at radius 3 is 2.43 bits per heavy atom. The molecule has 2 heterocycles. The molecule has 0 aliphatic carbocycles. The third kappa shape index (κ3) is 3.04. The minimum Gasteiger partial charge on any atom is -0.396 e. The van der Waals surface area contributed by atoms with Gasteiger partial charge in [-0.3, -0.25) is 9.97 Å². The van der Waals surface area contributed by atoms with E-state index in [4.69, 9.17) is 5.73 Å². The molecule has 0 saturated carbocycles. The first-order valence-corrected chi connectivity index (χ1v) is 6.16. The van der Waals surface area contributed by atoms with Gasteiger partial charge >= 0.3 is 6.18 Å². The summed E-state index contributed by atoms with van der Waals surface area (Å²) in [6.07, 6.45) is -3.34. The van der Waals surface area contributed by atoms with Gasteiger partial charge in [0.25, 0.3) is 0 Å². The molecule has 6 heteroatoms.